The molecule has 2 unspecified atom stereocenters. The number of halogens is 1. The molecule has 0 heterocycles. The van der Waals surface area contributed by atoms with Crippen LogP contribution in [0.3, 0.4) is 0 Å². The minimum absolute atomic E-state index is 0.146. The third-order valence-electron chi connectivity index (χ3n) is 3.93. The van der Waals surface area contributed by atoms with Crippen molar-refractivity contribution in [2.45, 2.75) is 13.0 Å². The summed E-state index contributed by atoms with van der Waals surface area (Å²) in [6.07, 6.45) is -0.982. The second-order valence-corrected chi connectivity index (χ2v) is 5.23. The molecule has 0 bridgehead atoms. The molecule has 1 aliphatic rings. The Balaban J connectivity index is 2.27. The second-order valence-electron chi connectivity index (χ2n) is 5.23. The van der Waals surface area contributed by atoms with Crippen LogP contribution in [-0.2, 0) is 4.79 Å². The van der Waals surface area contributed by atoms with Gasteiger partial charge in [-0.05, 0) is 11.6 Å². The molecule has 0 saturated carbocycles. The van der Waals surface area contributed by atoms with Gasteiger partial charge in [-0.2, -0.15) is 0 Å². The number of benzene rings is 2. The lowest BCUT2D eigenvalue weighted by Crippen LogP contribution is -2.18. The van der Waals surface area contributed by atoms with E-state index in [0.717, 1.165) is 0 Å². The van der Waals surface area contributed by atoms with E-state index in [1.807, 2.05) is 18.2 Å². The van der Waals surface area contributed by atoms with E-state index in [4.69, 9.17) is 0 Å². The lowest BCUT2D eigenvalue weighted by atomic mass is 9.95. The van der Waals surface area contributed by atoms with Crippen LogP contribution in [0.25, 0.3) is 11.1 Å². The molecule has 1 aliphatic carbocycles. The zero-order valence-corrected chi connectivity index (χ0v) is 11.6. The normalized spacial score (nSPS) is 22.0. The lowest BCUT2D eigenvalue weighted by molar-refractivity contribution is -0.117. The Labute approximate surface area is 122 Å². The van der Waals surface area contributed by atoms with Crippen molar-refractivity contribution in [1.29, 1.82) is 0 Å². The van der Waals surface area contributed by atoms with Crippen LogP contribution in [0.15, 0.2) is 54.6 Å². The van der Waals surface area contributed by atoms with E-state index in [1.165, 1.54) is 6.07 Å². The summed E-state index contributed by atoms with van der Waals surface area (Å²) < 4.78 is 14.1. The Bertz CT molecular complexity index is 719. The molecule has 1 N–H and O–H groups in total. The molecule has 0 aliphatic heterocycles. The molecule has 2 aromatic rings. The number of aliphatic hydroxyl groups excluding tert-OH is 1. The minimum atomic E-state index is -0.982. The molecular formula is C18H15FO2. The molecule has 0 radical (unpaired) electrons. The first-order valence-corrected chi connectivity index (χ1v) is 6.88. The van der Waals surface area contributed by atoms with E-state index in [1.54, 1.807) is 37.3 Å². The standard InChI is InChI=1S/C18H15FO2/c1-11-17(20)15(12-7-3-2-4-8-12)16(18(11)21)13-9-5-6-10-14(13)19/h2-11,18,21H,1H3. The Morgan fingerprint density at radius 1 is 1.00 bits per heavy atom. The molecule has 21 heavy (non-hydrogen) atoms. The Kier molecular flexibility index (Phi) is 3.43. The van der Waals surface area contributed by atoms with Crippen molar-refractivity contribution in [3.05, 3.63) is 71.5 Å². The number of rotatable bonds is 2. The summed E-state index contributed by atoms with van der Waals surface area (Å²) in [7, 11) is 0. The summed E-state index contributed by atoms with van der Waals surface area (Å²) >= 11 is 0. The average Bonchev–Trinajstić information content (AvgIpc) is 2.73. The maximum absolute atomic E-state index is 14.1. The van der Waals surface area contributed by atoms with Crippen LogP contribution >= 0.6 is 0 Å². The Morgan fingerprint density at radius 2 is 1.62 bits per heavy atom. The SMILES string of the molecule is CC1C(=O)C(c2ccccc2)=C(c2ccccc2F)C1O. The Morgan fingerprint density at radius 3 is 2.29 bits per heavy atom. The van der Waals surface area contributed by atoms with Crippen molar-refractivity contribution in [3.8, 4) is 0 Å². The number of carbonyl (C=O) groups is 1. The van der Waals surface area contributed by atoms with Crippen LogP contribution in [0.4, 0.5) is 4.39 Å². The highest BCUT2D eigenvalue weighted by Gasteiger charge is 2.39. The van der Waals surface area contributed by atoms with E-state index < -0.39 is 17.8 Å². The fourth-order valence-electron chi connectivity index (χ4n) is 2.78. The van der Waals surface area contributed by atoms with Gasteiger partial charge in [-0.3, -0.25) is 4.79 Å². The zero-order valence-electron chi connectivity index (χ0n) is 11.6. The van der Waals surface area contributed by atoms with E-state index >= 15 is 0 Å². The van der Waals surface area contributed by atoms with Gasteiger partial charge < -0.3 is 5.11 Å². The number of aliphatic hydroxyl groups is 1. The summed E-state index contributed by atoms with van der Waals surface area (Å²) in [6, 6.07) is 15.3. The van der Waals surface area contributed by atoms with Crippen molar-refractivity contribution in [2.24, 2.45) is 5.92 Å². The van der Waals surface area contributed by atoms with Gasteiger partial charge in [0.25, 0.3) is 0 Å². The van der Waals surface area contributed by atoms with Crippen molar-refractivity contribution < 1.29 is 14.3 Å². The van der Waals surface area contributed by atoms with Crippen LogP contribution < -0.4 is 0 Å². The van der Waals surface area contributed by atoms with Gasteiger partial charge in [-0.1, -0.05) is 55.5 Å². The third kappa shape index (κ3) is 2.20. The van der Waals surface area contributed by atoms with Crippen molar-refractivity contribution in [1.82, 2.24) is 0 Å². The van der Waals surface area contributed by atoms with E-state index in [-0.39, 0.29) is 5.78 Å². The second kappa shape index (κ2) is 5.26. The van der Waals surface area contributed by atoms with Gasteiger partial charge >= 0.3 is 0 Å². The zero-order chi connectivity index (χ0) is 15.0. The summed E-state index contributed by atoms with van der Waals surface area (Å²) in [5, 5.41) is 10.4. The highest BCUT2D eigenvalue weighted by atomic mass is 19.1. The Hall–Kier alpha value is -2.26. The van der Waals surface area contributed by atoms with Crippen molar-refractivity contribution >= 4 is 16.9 Å². The number of Topliss-reactive ketones (excluding diaryl/α,β-unsaturated/α-hetero) is 1. The van der Waals surface area contributed by atoms with Gasteiger partial charge in [0, 0.05) is 22.6 Å². The van der Waals surface area contributed by atoms with Crippen molar-refractivity contribution in [3.63, 3.8) is 0 Å². The van der Waals surface area contributed by atoms with E-state index in [2.05, 4.69) is 0 Å². The van der Waals surface area contributed by atoms with Crippen LogP contribution in [0.2, 0.25) is 0 Å². The molecule has 0 fully saturated rings. The molecule has 0 saturated heterocycles. The van der Waals surface area contributed by atoms with Gasteiger partial charge in [0.2, 0.25) is 0 Å². The molecule has 0 spiro atoms. The first-order valence-electron chi connectivity index (χ1n) is 6.88. The molecule has 0 aromatic heterocycles. The van der Waals surface area contributed by atoms with E-state index in [0.29, 0.717) is 22.3 Å². The average molecular weight is 282 g/mol. The minimum Gasteiger partial charge on any atom is -0.388 e. The predicted molar refractivity (Wildman–Crippen MR) is 79.8 cm³/mol. The third-order valence-corrected chi connectivity index (χ3v) is 3.93. The lowest BCUT2D eigenvalue weighted by Gasteiger charge is -2.13. The maximum atomic E-state index is 14.1. The fraction of sp³-hybridized carbons (Fsp3) is 0.167. The molecule has 2 atom stereocenters. The van der Waals surface area contributed by atoms with Gasteiger partial charge in [0.15, 0.2) is 5.78 Å². The fourth-order valence-corrected chi connectivity index (χ4v) is 2.78. The van der Waals surface area contributed by atoms with Gasteiger partial charge in [-0.25, -0.2) is 4.39 Å². The molecule has 3 heteroatoms. The van der Waals surface area contributed by atoms with Gasteiger partial charge in [0.05, 0.1) is 6.10 Å². The molecule has 106 valence electrons. The number of allylic oxidation sites excluding steroid dienone is 1. The van der Waals surface area contributed by atoms with Gasteiger partial charge in [0.1, 0.15) is 5.82 Å². The van der Waals surface area contributed by atoms with Crippen LogP contribution in [0.1, 0.15) is 18.1 Å². The van der Waals surface area contributed by atoms with Crippen LogP contribution in [0.5, 0.6) is 0 Å². The summed E-state index contributed by atoms with van der Waals surface area (Å²) in [5.74, 6) is -1.14. The topological polar surface area (TPSA) is 37.3 Å². The van der Waals surface area contributed by atoms with E-state index in [9.17, 15) is 14.3 Å². The molecule has 2 nitrogen and oxygen atoms in total. The quantitative estimate of drug-likeness (QED) is 0.917. The number of ketones is 1. The summed E-state index contributed by atoms with van der Waals surface area (Å²) in [6.45, 7) is 1.67. The monoisotopic (exact) mass is 282 g/mol. The first-order chi connectivity index (χ1) is 10.1. The predicted octanol–water partition coefficient (Wildman–Crippen LogP) is 3.32. The highest BCUT2D eigenvalue weighted by molar-refractivity contribution is 6.32. The smallest absolute Gasteiger partial charge is 0.169 e. The molecule has 0 amide bonds. The number of hydrogen-bond donors (Lipinski definition) is 1. The van der Waals surface area contributed by atoms with Gasteiger partial charge in [-0.15, -0.1) is 0 Å². The number of carbonyl (C=O) groups excluding carboxylic acids is 1. The summed E-state index contributed by atoms with van der Waals surface area (Å²) in [4.78, 5) is 12.5. The molecular weight excluding hydrogens is 267 g/mol. The van der Waals surface area contributed by atoms with Crippen LogP contribution in [0, 0.1) is 11.7 Å². The maximum Gasteiger partial charge on any atom is 0.169 e. The molecule has 2 aromatic carbocycles. The largest absolute Gasteiger partial charge is 0.388 e. The first kappa shape index (κ1) is 13.7. The summed E-state index contributed by atoms with van der Waals surface area (Å²) in [5.41, 5.74) is 1.81. The van der Waals surface area contributed by atoms with Crippen molar-refractivity contribution in [2.75, 3.05) is 0 Å². The number of hydrogen-bond acceptors (Lipinski definition) is 2. The van der Waals surface area contributed by atoms with Crippen LogP contribution in [-0.4, -0.2) is 17.0 Å². The molecule has 3 rings (SSSR count). The highest BCUT2D eigenvalue weighted by Crippen LogP contribution is 2.41.